The molecule has 0 aliphatic heterocycles. The third kappa shape index (κ3) is 4.67. The Morgan fingerprint density at radius 3 is 2.84 bits per heavy atom. The van der Waals surface area contributed by atoms with Crippen LogP contribution in [0.5, 0.6) is 0 Å². The Hall–Kier alpha value is -0.780. The summed E-state index contributed by atoms with van der Waals surface area (Å²) in [7, 11) is 0. The van der Waals surface area contributed by atoms with Crippen LogP contribution in [-0.2, 0) is 0 Å². The number of hydrogen-bond acceptors (Lipinski definition) is 5. The van der Waals surface area contributed by atoms with Gasteiger partial charge in [0.05, 0.1) is 0 Å². The number of aromatic nitrogens is 2. The van der Waals surface area contributed by atoms with Gasteiger partial charge in [-0.15, -0.1) is 10.2 Å². The van der Waals surface area contributed by atoms with E-state index in [2.05, 4.69) is 48.0 Å². The van der Waals surface area contributed by atoms with Gasteiger partial charge in [0.15, 0.2) is 8.68 Å². The van der Waals surface area contributed by atoms with E-state index in [0.717, 1.165) is 32.2 Å². The van der Waals surface area contributed by atoms with Gasteiger partial charge in [0.1, 0.15) is 0 Å². The number of rotatable bonds is 6. The van der Waals surface area contributed by atoms with Gasteiger partial charge >= 0.3 is 0 Å². The maximum absolute atomic E-state index is 4.21. The van der Waals surface area contributed by atoms with Gasteiger partial charge in [0.25, 0.3) is 0 Å². The van der Waals surface area contributed by atoms with E-state index >= 15 is 0 Å². The molecule has 0 saturated carbocycles. The molecule has 0 saturated heterocycles. The summed E-state index contributed by atoms with van der Waals surface area (Å²) in [5, 5.41) is 8.37. The molecule has 0 atom stereocenters. The molecule has 0 spiro atoms. The van der Waals surface area contributed by atoms with Gasteiger partial charge < -0.3 is 0 Å². The van der Waals surface area contributed by atoms with Crippen LogP contribution in [-0.4, -0.2) is 21.7 Å². The Bertz CT molecular complexity index is 527. The van der Waals surface area contributed by atoms with Crippen molar-refractivity contribution in [1.82, 2.24) is 10.2 Å². The van der Waals surface area contributed by atoms with Gasteiger partial charge in [-0.25, -0.2) is 0 Å². The fraction of sp³-hybridized carbons (Fsp3) is 0.286. The molecule has 0 fully saturated rings. The predicted octanol–water partition coefficient (Wildman–Crippen LogP) is 4.74. The van der Waals surface area contributed by atoms with Gasteiger partial charge in [-0.3, -0.25) is 0 Å². The minimum absolute atomic E-state index is 0.969. The Balaban J connectivity index is 1.91. The first-order valence-electron chi connectivity index (χ1n) is 6.09. The zero-order chi connectivity index (χ0) is 13.5. The molecule has 1 aliphatic rings. The molecule has 100 valence electrons. The number of hydrogen-bond donors (Lipinski definition) is 0. The standard InChI is InChI=1S/C14H16N2S3/c1-3-11-6-5-7-12(9-8-11)10-18-14-16-15-13(19-14)17-4-2/h3,5-6,8-9H,1,4,7,10H2,2H3. The van der Waals surface area contributed by atoms with Crippen LogP contribution in [0.1, 0.15) is 13.3 Å². The van der Waals surface area contributed by atoms with Crippen molar-refractivity contribution < 1.29 is 0 Å². The van der Waals surface area contributed by atoms with E-state index in [-0.39, 0.29) is 0 Å². The van der Waals surface area contributed by atoms with Crippen LogP contribution in [0.15, 0.2) is 56.8 Å². The second-order valence-corrected chi connectivity index (χ2v) is 7.57. The van der Waals surface area contributed by atoms with Gasteiger partial charge in [0, 0.05) is 5.75 Å². The second kappa shape index (κ2) is 7.72. The van der Waals surface area contributed by atoms with Gasteiger partial charge in [0.2, 0.25) is 0 Å². The molecule has 2 nitrogen and oxygen atoms in total. The van der Waals surface area contributed by atoms with Gasteiger partial charge in [-0.2, -0.15) is 0 Å². The molecule has 5 heteroatoms. The molecule has 0 amide bonds. The molecule has 19 heavy (non-hydrogen) atoms. The van der Waals surface area contributed by atoms with Crippen LogP contribution in [0.25, 0.3) is 0 Å². The number of allylic oxidation sites excluding steroid dienone is 6. The molecule has 0 unspecified atom stereocenters. The van der Waals surface area contributed by atoms with E-state index in [4.69, 9.17) is 0 Å². The van der Waals surface area contributed by atoms with E-state index in [9.17, 15) is 0 Å². The van der Waals surface area contributed by atoms with E-state index < -0.39 is 0 Å². The minimum Gasteiger partial charge on any atom is -0.131 e. The van der Waals surface area contributed by atoms with Crippen LogP contribution in [0.2, 0.25) is 0 Å². The van der Waals surface area contributed by atoms with Crippen molar-refractivity contribution in [2.45, 2.75) is 22.0 Å². The second-order valence-electron chi connectivity index (χ2n) is 3.86. The average molecular weight is 308 g/mol. The first kappa shape index (κ1) is 14.6. The highest BCUT2D eigenvalue weighted by atomic mass is 32.2. The lowest BCUT2D eigenvalue weighted by Crippen LogP contribution is -1.85. The molecule has 0 bridgehead atoms. The van der Waals surface area contributed by atoms with E-state index in [1.54, 1.807) is 34.9 Å². The van der Waals surface area contributed by atoms with Crippen molar-refractivity contribution in [3.63, 3.8) is 0 Å². The van der Waals surface area contributed by atoms with Crippen molar-refractivity contribution in [1.29, 1.82) is 0 Å². The summed E-state index contributed by atoms with van der Waals surface area (Å²) in [6.45, 7) is 5.92. The highest BCUT2D eigenvalue weighted by Gasteiger charge is 2.06. The number of nitrogens with zero attached hydrogens (tertiary/aromatic N) is 2. The summed E-state index contributed by atoms with van der Waals surface area (Å²) in [6.07, 6.45) is 11.5. The summed E-state index contributed by atoms with van der Waals surface area (Å²) in [5.41, 5.74) is 2.57. The van der Waals surface area contributed by atoms with E-state index in [1.807, 2.05) is 6.08 Å². The maximum Gasteiger partial charge on any atom is 0.175 e. The molecule has 1 aromatic heterocycles. The Labute approximate surface area is 126 Å². The van der Waals surface area contributed by atoms with Crippen molar-refractivity contribution in [2.24, 2.45) is 0 Å². The highest BCUT2D eigenvalue weighted by Crippen LogP contribution is 2.30. The smallest absolute Gasteiger partial charge is 0.131 e. The molecular formula is C14H16N2S3. The molecule has 0 N–H and O–H groups in total. The quantitative estimate of drug-likeness (QED) is 0.709. The predicted molar refractivity (Wildman–Crippen MR) is 87.2 cm³/mol. The third-order valence-electron chi connectivity index (χ3n) is 2.47. The minimum atomic E-state index is 0.969. The molecule has 0 radical (unpaired) electrons. The molecule has 0 aromatic carbocycles. The number of thioether (sulfide) groups is 2. The van der Waals surface area contributed by atoms with Crippen LogP contribution in [0.4, 0.5) is 0 Å². The van der Waals surface area contributed by atoms with Crippen LogP contribution < -0.4 is 0 Å². The Morgan fingerprint density at radius 2 is 2.11 bits per heavy atom. The summed E-state index contributed by atoms with van der Waals surface area (Å²) >= 11 is 5.20. The molecular weight excluding hydrogens is 292 g/mol. The SMILES string of the molecule is C=CC1=CC=C(CSc2nnc(SCC)s2)CC=C1. The first-order valence-corrected chi connectivity index (χ1v) is 8.88. The van der Waals surface area contributed by atoms with Crippen molar-refractivity contribution in [3.05, 3.63) is 48.1 Å². The van der Waals surface area contributed by atoms with Crippen molar-refractivity contribution in [3.8, 4) is 0 Å². The van der Waals surface area contributed by atoms with Crippen LogP contribution in [0, 0.1) is 0 Å². The monoisotopic (exact) mass is 308 g/mol. The lowest BCUT2D eigenvalue weighted by Gasteiger charge is -2.00. The molecule has 1 aliphatic carbocycles. The van der Waals surface area contributed by atoms with Crippen LogP contribution in [0.3, 0.4) is 0 Å². The van der Waals surface area contributed by atoms with E-state index in [1.165, 1.54) is 5.57 Å². The highest BCUT2D eigenvalue weighted by molar-refractivity contribution is 8.03. The van der Waals surface area contributed by atoms with Gasteiger partial charge in [-0.1, -0.05) is 84.3 Å². The summed E-state index contributed by atoms with van der Waals surface area (Å²) in [5.74, 6) is 2.01. The summed E-state index contributed by atoms with van der Waals surface area (Å²) in [6, 6.07) is 0. The fourth-order valence-corrected chi connectivity index (χ4v) is 4.43. The third-order valence-corrected chi connectivity index (χ3v) is 5.65. The average Bonchev–Trinajstić information content (AvgIpc) is 2.74. The molecule has 1 heterocycles. The normalized spacial score (nSPS) is 14.8. The summed E-state index contributed by atoms with van der Waals surface area (Å²) < 4.78 is 2.12. The van der Waals surface area contributed by atoms with E-state index in [0.29, 0.717) is 0 Å². The molecule has 1 aromatic rings. The fourth-order valence-electron chi connectivity index (χ4n) is 1.52. The first-order chi connectivity index (χ1) is 9.31. The van der Waals surface area contributed by atoms with Crippen molar-refractivity contribution >= 4 is 34.9 Å². The summed E-state index contributed by atoms with van der Waals surface area (Å²) in [4.78, 5) is 0. The zero-order valence-electron chi connectivity index (χ0n) is 10.8. The lowest BCUT2D eigenvalue weighted by atomic mass is 10.2. The molecule has 2 rings (SSSR count). The Morgan fingerprint density at radius 1 is 1.32 bits per heavy atom. The van der Waals surface area contributed by atoms with Crippen LogP contribution >= 0.6 is 34.9 Å². The van der Waals surface area contributed by atoms with Crippen molar-refractivity contribution in [2.75, 3.05) is 11.5 Å². The topological polar surface area (TPSA) is 25.8 Å². The Kier molecular flexibility index (Phi) is 5.94. The maximum atomic E-state index is 4.21. The lowest BCUT2D eigenvalue weighted by molar-refractivity contribution is 0.955. The largest absolute Gasteiger partial charge is 0.175 e. The van der Waals surface area contributed by atoms with Gasteiger partial charge in [-0.05, 0) is 17.7 Å². The zero-order valence-corrected chi connectivity index (χ0v) is 13.3.